The van der Waals surface area contributed by atoms with Gasteiger partial charge in [-0.25, -0.2) is 0 Å². The summed E-state index contributed by atoms with van der Waals surface area (Å²) in [6.07, 6.45) is 0. The van der Waals surface area contributed by atoms with E-state index in [2.05, 4.69) is 30.7 Å². The average Bonchev–Trinajstić information content (AvgIpc) is 3.20. The maximum Gasteiger partial charge on any atom is 0.383 e. The highest BCUT2D eigenvalue weighted by Gasteiger charge is 2.35. The maximum atomic E-state index is 13.3. The molecule has 0 radical (unpaired) electrons. The lowest BCUT2D eigenvalue weighted by molar-refractivity contribution is 0.0821. The van der Waals surface area contributed by atoms with Crippen molar-refractivity contribution in [2.75, 3.05) is 0 Å². The van der Waals surface area contributed by atoms with Crippen LogP contribution in [-0.4, -0.2) is 40.0 Å². The molecular weight excluding hydrogens is 362 g/mol. The number of alkyl halides is 3. The van der Waals surface area contributed by atoms with Gasteiger partial charge in [0.15, 0.2) is 0 Å². The van der Waals surface area contributed by atoms with Crippen molar-refractivity contribution in [2.45, 2.75) is 5.38 Å². The normalized spacial score (nSPS) is 12.2. The molecule has 0 atom stereocenters. The average molecular weight is 369 g/mol. The van der Waals surface area contributed by atoms with Crippen LogP contribution in [-0.2, 0) is 12.4 Å². The number of hydrogen-bond donors (Lipinski definition) is 0. The summed E-state index contributed by atoms with van der Waals surface area (Å²) in [7, 11) is 1.66. The SMILES string of the molecule is Cn1nnc(-c2cccc(-c3nn4c(C(F)(F)Cl)nnc4s3)c2)n1. The molecule has 0 unspecified atom stereocenters. The first-order valence-electron chi connectivity index (χ1n) is 6.56. The number of aryl methyl sites for hydroxylation is 1. The molecule has 3 aromatic heterocycles. The van der Waals surface area contributed by atoms with Gasteiger partial charge in [0.05, 0.1) is 7.05 Å². The van der Waals surface area contributed by atoms with Gasteiger partial charge in [0.2, 0.25) is 16.6 Å². The fraction of sp³-hybridized carbons (Fsp3) is 0.167. The summed E-state index contributed by atoms with van der Waals surface area (Å²) < 4.78 is 27.5. The van der Waals surface area contributed by atoms with E-state index in [1.807, 2.05) is 6.07 Å². The Hall–Kier alpha value is -2.53. The molecule has 0 spiro atoms. The largest absolute Gasteiger partial charge is 0.383 e. The van der Waals surface area contributed by atoms with E-state index in [1.54, 1.807) is 25.2 Å². The number of halogens is 3. The number of hydrogen-bond acceptors (Lipinski definition) is 7. The molecule has 4 aromatic rings. The van der Waals surface area contributed by atoms with Gasteiger partial charge in [-0.15, -0.1) is 20.4 Å². The second kappa shape index (κ2) is 5.24. The van der Waals surface area contributed by atoms with Gasteiger partial charge in [0.25, 0.3) is 0 Å². The van der Waals surface area contributed by atoms with Crippen LogP contribution >= 0.6 is 22.9 Å². The quantitative estimate of drug-likeness (QED) is 0.516. The number of aromatic nitrogens is 8. The number of tetrazole rings is 1. The van der Waals surface area contributed by atoms with Gasteiger partial charge in [0.1, 0.15) is 5.01 Å². The van der Waals surface area contributed by atoms with E-state index in [9.17, 15) is 8.78 Å². The van der Waals surface area contributed by atoms with Crippen molar-refractivity contribution < 1.29 is 8.78 Å². The number of fused-ring (bicyclic) bond motifs is 1. The second-order valence-electron chi connectivity index (χ2n) is 4.81. The molecule has 122 valence electrons. The standard InChI is InChI=1S/C12H7ClF2N8S/c1-22-19-8(16-21-22)6-3-2-4-7(5-6)9-20-23-10(12(13,14)15)17-18-11(23)24-9/h2-5H,1H3. The van der Waals surface area contributed by atoms with E-state index in [4.69, 9.17) is 11.6 Å². The van der Waals surface area contributed by atoms with E-state index in [0.29, 0.717) is 16.4 Å². The van der Waals surface area contributed by atoms with Crippen molar-refractivity contribution >= 4 is 27.9 Å². The minimum atomic E-state index is -3.64. The van der Waals surface area contributed by atoms with Crippen LogP contribution in [0.15, 0.2) is 24.3 Å². The molecule has 0 amide bonds. The Morgan fingerprint density at radius 3 is 2.62 bits per heavy atom. The molecular formula is C12H7ClF2N8S. The highest BCUT2D eigenvalue weighted by atomic mass is 35.5. The Morgan fingerprint density at radius 1 is 1.12 bits per heavy atom. The van der Waals surface area contributed by atoms with Crippen LogP contribution in [0.4, 0.5) is 8.78 Å². The molecule has 4 rings (SSSR count). The van der Waals surface area contributed by atoms with Gasteiger partial charge in [0, 0.05) is 11.1 Å². The molecule has 0 aliphatic heterocycles. The van der Waals surface area contributed by atoms with Crippen molar-refractivity contribution in [3.8, 4) is 22.0 Å². The summed E-state index contributed by atoms with van der Waals surface area (Å²) in [5, 5.41) is 19.9. The minimum absolute atomic E-state index is 0.225. The zero-order chi connectivity index (χ0) is 16.9. The zero-order valence-corrected chi connectivity index (χ0v) is 13.5. The van der Waals surface area contributed by atoms with Gasteiger partial charge in [-0.1, -0.05) is 29.5 Å². The van der Waals surface area contributed by atoms with E-state index in [-0.39, 0.29) is 4.96 Å². The number of benzene rings is 1. The summed E-state index contributed by atoms with van der Waals surface area (Å²) in [4.78, 5) is 1.57. The van der Waals surface area contributed by atoms with E-state index < -0.39 is 11.2 Å². The fourth-order valence-electron chi connectivity index (χ4n) is 2.10. The third kappa shape index (κ3) is 2.51. The lowest BCUT2D eigenvalue weighted by Crippen LogP contribution is -2.10. The van der Waals surface area contributed by atoms with Crippen LogP contribution in [0, 0.1) is 0 Å². The number of nitrogens with zero attached hydrogens (tertiary/aromatic N) is 8. The topological polar surface area (TPSA) is 86.7 Å². The van der Waals surface area contributed by atoms with Crippen molar-refractivity contribution in [1.29, 1.82) is 0 Å². The third-order valence-electron chi connectivity index (χ3n) is 3.12. The molecule has 12 heteroatoms. The lowest BCUT2D eigenvalue weighted by atomic mass is 10.1. The van der Waals surface area contributed by atoms with Crippen LogP contribution < -0.4 is 0 Å². The van der Waals surface area contributed by atoms with E-state index >= 15 is 0 Å². The Kier molecular flexibility index (Phi) is 3.28. The van der Waals surface area contributed by atoms with Gasteiger partial charge in [-0.2, -0.15) is 23.2 Å². The summed E-state index contributed by atoms with van der Waals surface area (Å²) in [5.74, 6) is -0.260. The van der Waals surface area contributed by atoms with Gasteiger partial charge < -0.3 is 0 Å². The van der Waals surface area contributed by atoms with E-state index in [1.165, 1.54) is 4.80 Å². The first-order chi connectivity index (χ1) is 11.4. The van der Waals surface area contributed by atoms with Crippen LogP contribution in [0.25, 0.3) is 26.9 Å². The molecule has 3 heterocycles. The van der Waals surface area contributed by atoms with Crippen LogP contribution in [0.2, 0.25) is 0 Å². The minimum Gasteiger partial charge on any atom is -0.179 e. The van der Waals surface area contributed by atoms with Gasteiger partial charge in [-0.05, 0) is 22.9 Å². The summed E-state index contributed by atoms with van der Waals surface area (Å²) >= 11 is 6.14. The van der Waals surface area contributed by atoms with Crippen LogP contribution in [0.1, 0.15) is 5.82 Å². The predicted molar refractivity (Wildman–Crippen MR) is 81.6 cm³/mol. The van der Waals surface area contributed by atoms with Crippen molar-refractivity contribution in [1.82, 2.24) is 40.0 Å². The van der Waals surface area contributed by atoms with Gasteiger partial charge in [-0.3, -0.25) is 0 Å². The summed E-state index contributed by atoms with van der Waals surface area (Å²) in [6, 6.07) is 7.20. The highest BCUT2D eigenvalue weighted by Crippen LogP contribution is 2.34. The van der Waals surface area contributed by atoms with Gasteiger partial charge >= 0.3 is 5.38 Å². The first-order valence-corrected chi connectivity index (χ1v) is 7.75. The monoisotopic (exact) mass is 368 g/mol. The van der Waals surface area contributed by atoms with Crippen LogP contribution in [0.5, 0.6) is 0 Å². The predicted octanol–water partition coefficient (Wildman–Crippen LogP) is 2.33. The van der Waals surface area contributed by atoms with E-state index in [0.717, 1.165) is 21.4 Å². The third-order valence-corrected chi connectivity index (χ3v) is 4.24. The van der Waals surface area contributed by atoms with Crippen molar-refractivity contribution in [2.24, 2.45) is 7.05 Å². The lowest BCUT2D eigenvalue weighted by Gasteiger charge is -2.02. The Morgan fingerprint density at radius 2 is 1.92 bits per heavy atom. The molecule has 8 nitrogen and oxygen atoms in total. The molecule has 0 bridgehead atoms. The maximum absolute atomic E-state index is 13.3. The van der Waals surface area contributed by atoms with Crippen molar-refractivity contribution in [3.05, 3.63) is 30.1 Å². The highest BCUT2D eigenvalue weighted by molar-refractivity contribution is 7.19. The Balaban J connectivity index is 1.79. The van der Waals surface area contributed by atoms with Crippen molar-refractivity contribution in [3.63, 3.8) is 0 Å². The molecule has 0 N–H and O–H groups in total. The summed E-state index contributed by atoms with van der Waals surface area (Å²) in [5.41, 5.74) is 1.44. The second-order valence-corrected chi connectivity index (χ2v) is 6.24. The molecule has 24 heavy (non-hydrogen) atoms. The number of rotatable bonds is 3. The first kappa shape index (κ1) is 15.0. The summed E-state index contributed by atoms with van der Waals surface area (Å²) in [6.45, 7) is 0. The molecule has 0 saturated heterocycles. The molecule has 0 fully saturated rings. The molecule has 0 saturated carbocycles. The fourth-order valence-corrected chi connectivity index (χ4v) is 3.05. The molecule has 0 aliphatic rings. The Labute approximate surface area is 141 Å². The van der Waals surface area contributed by atoms with Crippen LogP contribution in [0.3, 0.4) is 0 Å². The Bertz CT molecular complexity index is 1030. The zero-order valence-electron chi connectivity index (χ0n) is 11.9. The molecule has 1 aromatic carbocycles. The smallest absolute Gasteiger partial charge is 0.179 e. The molecule has 0 aliphatic carbocycles.